The Morgan fingerprint density at radius 3 is 2.62 bits per heavy atom. The maximum atomic E-state index is 11.3. The summed E-state index contributed by atoms with van der Waals surface area (Å²) < 4.78 is 0. The molecule has 0 unspecified atom stereocenters. The van der Waals surface area contributed by atoms with Gasteiger partial charge < -0.3 is 21.1 Å². The first-order chi connectivity index (χ1) is 9.88. The second-order valence-corrected chi connectivity index (χ2v) is 6.07. The summed E-state index contributed by atoms with van der Waals surface area (Å²) in [6, 6.07) is 0. The molecule has 1 aliphatic carbocycles. The fourth-order valence-corrected chi connectivity index (χ4v) is 3.63. The van der Waals surface area contributed by atoms with Gasteiger partial charge in [-0.05, 0) is 30.6 Å². The first kappa shape index (κ1) is 17.5. The largest absolute Gasteiger partial charge is 0.481 e. The van der Waals surface area contributed by atoms with Crippen LogP contribution in [0.25, 0.3) is 0 Å². The van der Waals surface area contributed by atoms with Gasteiger partial charge in [-0.15, -0.1) is 11.8 Å². The number of allylic oxidation sites excluding steroid dienone is 1. The Hall–Kier alpha value is -1.54. The molecule has 0 bridgehead atoms. The predicted molar refractivity (Wildman–Crippen MR) is 80.2 cm³/mol. The number of nitrogens with zero attached hydrogens (tertiary/aromatic N) is 1. The SMILES string of the molecule is C[C@@H](O)[C@@H](C(=O)O)[C@H]1CC(SCCN=CN)=C(C(=O)O)C1. The van der Waals surface area contributed by atoms with E-state index >= 15 is 0 Å². The molecular weight excluding hydrogens is 296 g/mol. The van der Waals surface area contributed by atoms with Crippen molar-refractivity contribution in [3.05, 3.63) is 10.5 Å². The van der Waals surface area contributed by atoms with Gasteiger partial charge in [0.2, 0.25) is 0 Å². The van der Waals surface area contributed by atoms with E-state index in [1.54, 1.807) is 0 Å². The summed E-state index contributed by atoms with van der Waals surface area (Å²) in [5, 5.41) is 28.0. The Bertz CT molecular complexity index is 461. The van der Waals surface area contributed by atoms with Crippen LogP contribution in [0.15, 0.2) is 15.5 Å². The van der Waals surface area contributed by atoms with E-state index in [1.165, 1.54) is 25.0 Å². The molecule has 0 heterocycles. The number of hydrogen-bond acceptors (Lipinski definition) is 5. The molecule has 0 saturated heterocycles. The van der Waals surface area contributed by atoms with Gasteiger partial charge in [0.05, 0.1) is 24.9 Å². The molecule has 3 atom stereocenters. The van der Waals surface area contributed by atoms with E-state index in [1.807, 2.05) is 0 Å². The number of aliphatic hydroxyl groups is 1. The van der Waals surface area contributed by atoms with Crippen LogP contribution in [-0.4, -0.2) is 52.0 Å². The van der Waals surface area contributed by atoms with Gasteiger partial charge >= 0.3 is 11.9 Å². The molecule has 0 saturated carbocycles. The number of thioether (sulfide) groups is 1. The van der Waals surface area contributed by atoms with E-state index in [2.05, 4.69) is 4.99 Å². The fourth-order valence-electron chi connectivity index (χ4n) is 2.51. The molecule has 0 fully saturated rings. The molecule has 1 aliphatic rings. The van der Waals surface area contributed by atoms with Crippen molar-refractivity contribution in [2.45, 2.75) is 25.9 Å². The number of rotatable bonds is 8. The van der Waals surface area contributed by atoms with Crippen LogP contribution in [0, 0.1) is 11.8 Å². The second-order valence-electron chi connectivity index (χ2n) is 4.88. The van der Waals surface area contributed by atoms with Crippen LogP contribution < -0.4 is 5.73 Å². The van der Waals surface area contributed by atoms with Gasteiger partial charge in [0, 0.05) is 11.3 Å². The van der Waals surface area contributed by atoms with Crippen molar-refractivity contribution < 1.29 is 24.9 Å². The quantitative estimate of drug-likeness (QED) is 0.292. The van der Waals surface area contributed by atoms with E-state index in [0.29, 0.717) is 23.6 Å². The number of aliphatic carboxylic acids is 2. The second kappa shape index (κ2) is 8.04. The third-order valence-corrected chi connectivity index (χ3v) is 4.57. The zero-order valence-electron chi connectivity index (χ0n) is 11.7. The van der Waals surface area contributed by atoms with Gasteiger partial charge in [0.25, 0.3) is 0 Å². The molecule has 5 N–H and O–H groups in total. The van der Waals surface area contributed by atoms with Crippen LogP contribution in [0.5, 0.6) is 0 Å². The van der Waals surface area contributed by atoms with E-state index in [-0.39, 0.29) is 12.0 Å². The molecule has 0 spiro atoms. The minimum Gasteiger partial charge on any atom is -0.481 e. The van der Waals surface area contributed by atoms with Crippen LogP contribution in [0.2, 0.25) is 0 Å². The van der Waals surface area contributed by atoms with Crippen LogP contribution in [0.4, 0.5) is 0 Å². The van der Waals surface area contributed by atoms with Crippen molar-refractivity contribution in [2.75, 3.05) is 12.3 Å². The number of carboxylic acid groups (broad SMARTS) is 2. The van der Waals surface area contributed by atoms with E-state index in [9.17, 15) is 24.9 Å². The number of aliphatic imine (C=N–C) groups is 1. The molecule has 8 heteroatoms. The topological polar surface area (TPSA) is 133 Å². The maximum Gasteiger partial charge on any atom is 0.332 e. The van der Waals surface area contributed by atoms with Gasteiger partial charge in [-0.3, -0.25) is 9.79 Å². The lowest BCUT2D eigenvalue weighted by atomic mass is 9.85. The zero-order chi connectivity index (χ0) is 16.0. The lowest BCUT2D eigenvalue weighted by Crippen LogP contribution is -2.32. The Morgan fingerprint density at radius 1 is 1.48 bits per heavy atom. The van der Waals surface area contributed by atoms with Crippen molar-refractivity contribution in [1.29, 1.82) is 0 Å². The summed E-state index contributed by atoms with van der Waals surface area (Å²) in [5.74, 6) is -2.90. The zero-order valence-corrected chi connectivity index (χ0v) is 12.5. The van der Waals surface area contributed by atoms with Crippen molar-refractivity contribution in [1.82, 2.24) is 0 Å². The molecule has 0 aromatic carbocycles. The molecule has 0 amide bonds. The average Bonchev–Trinajstić information content (AvgIpc) is 2.77. The molecule has 0 aliphatic heterocycles. The molecular formula is C13H20N2O5S. The predicted octanol–water partition coefficient (Wildman–Crippen LogP) is 0.537. The molecule has 7 nitrogen and oxygen atoms in total. The Morgan fingerprint density at radius 2 is 2.14 bits per heavy atom. The number of nitrogens with two attached hydrogens (primary N) is 1. The summed E-state index contributed by atoms with van der Waals surface area (Å²) in [4.78, 5) is 27.0. The third kappa shape index (κ3) is 4.75. The monoisotopic (exact) mass is 316 g/mol. The standard InChI is InChI=1S/C13H20N2O5S/c1-7(16)11(13(19)20)8-4-9(12(17)18)10(5-8)21-3-2-15-6-14/h6-8,11,16H,2-5H2,1H3,(H2,14,15)(H,17,18)(H,19,20)/t7-,8-,11-/m1/s1. The molecule has 118 valence electrons. The molecule has 0 aromatic rings. The highest BCUT2D eigenvalue weighted by atomic mass is 32.2. The van der Waals surface area contributed by atoms with Crippen molar-refractivity contribution in [2.24, 2.45) is 22.6 Å². The summed E-state index contributed by atoms with van der Waals surface area (Å²) in [6.07, 6.45) is 0.701. The summed E-state index contributed by atoms with van der Waals surface area (Å²) in [6.45, 7) is 1.89. The van der Waals surface area contributed by atoms with Gasteiger partial charge in [-0.1, -0.05) is 0 Å². The first-order valence-corrected chi connectivity index (χ1v) is 7.56. The highest BCUT2D eigenvalue weighted by molar-refractivity contribution is 8.03. The van der Waals surface area contributed by atoms with Gasteiger partial charge in [0.1, 0.15) is 0 Å². The lowest BCUT2D eigenvalue weighted by Gasteiger charge is -2.22. The highest BCUT2D eigenvalue weighted by Gasteiger charge is 2.39. The third-order valence-electron chi connectivity index (χ3n) is 3.42. The Kier molecular flexibility index (Phi) is 6.70. The fraction of sp³-hybridized carbons (Fsp3) is 0.615. The van der Waals surface area contributed by atoms with E-state index in [4.69, 9.17) is 5.73 Å². The van der Waals surface area contributed by atoms with Crippen molar-refractivity contribution in [3.8, 4) is 0 Å². The van der Waals surface area contributed by atoms with Crippen LogP contribution in [-0.2, 0) is 9.59 Å². The van der Waals surface area contributed by atoms with Crippen LogP contribution >= 0.6 is 11.8 Å². The van der Waals surface area contributed by atoms with E-state index in [0.717, 1.165) is 0 Å². The number of hydrogen-bond donors (Lipinski definition) is 4. The lowest BCUT2D eigenvalue weighted by molar-refractivity contribution is -0.148. The summed E-state index contributed by atoms with van der Waals surface area (Å²) >= 11 is 1.36. The number of aliphatic hydroxyl groups excluding tert-OH is 1. The van der Waals surface area contributed by atoms with E-state index < -0.39 is 29.9 Å². The van der Waals surface area contributed by atoms with Gasteiger partial charge in [-0.2, -0.15) is 0 Å². The normalized spacial score (nSPS) is 21.7. The molecule has 0 aromatic heterocycles. The Balaban J connectivity index is 2.78. The minimum atomic E-state index is -1.10. The molecule has 1 rings (SSSR count). The number of carboxylic acids is 2. The van der Waals surface area contributed by atoms with Crippen LogP contribution in [0.3, 0.4) is 0 Å². The average molecular weight is 316 g/mol. The Labute approximate surface area is 126 Å². The maximum absolute atomic E-state index is 11.3. The van der Waals surface area contributed by atoms with Gasteiger partial charge in [-0.25, -0.2) is 4.79 Å². The van der Waals surface area contributed by atoms with Gasteiger partial charge in [0.15, 0.2) is 0 Å². The van der Waals surface area contributed by atoms with Crippen molar-refractivity contribution >= 4 is 30.0 Å². The summed E-state index contributed by atoms with van der Waals surface area (Å²) in [5.41, 5.74) is 5.37. The van der Waals surface area contributed by atoms with Crippen LogP contribution in [0.1, 0.15) is 19.8 Å². The smallest absolute Gasteiger partial charge is 0.332 e. The number of carbonyl (C=O) groups is 2. The summed E-state index contributed by atoms with van der Waals surface area (Å²) in [7, 11) is 0. The minimum absolute atomic E-state index is 0.166. The first-order valence-electron chi connectivity index (χ1n) is 6.57. The molecule has 0 radical (unpaired) electrons. The highest BCUT2D eigenvalue weighted by Crippen LogP contribution is 2.42. The molecule has 21 heavy (non-hydrogen) atoms. The van der Waals surface area contributed by atoms with Crippen molar-refractivity contribution in [3.63, 3.8) is 0 Å².